The molecule has 6 heteroatoms. The lowest BCUT2D eigenvalue weighted by Crippen LogP contribution is -2.00. The Hall–Kier alpha value is -3.15. The minimum absolute atomic E-state index is 0.0363. The van der Waals surface area contributed by atoms with Crippen LogP contribution in [0.25, 0.3) is 6.08 Å². The molecule has 0 bridgehead atoms. The average molecular weight is 313 g/mol. The molecular formula is C17H15NO5. The molecule has 0 fully saturated rings. The van der Waals surface area contributed by atoms with E-state index in [1.165, 1.54) is 38.5 Å². The lowest BCUT2D eigenvalue weighted by atomic mass is 10.1. The van der Waals surface area contributed by atoms with Gasteiger partial charge in [-0.1, -0.05) is 18.2 Å². The molecule has 0 aliphatic rings. The molecular weight excluding hydrogens is 298 g/mol. The topological polar surface area (TPSA) is 85.2 Å². The van der Waals surface area contributed by atoms with Crippen LogP contribution >= 0.6 is 0 Å². The van der Waals surface area contributed by atoms with Crippen LogP contribution in [0.1, 0.15) is 15.9 Å². The van der Waals surface area contributed by atoms with E-state index in [-0.39, 0.29) is 22.7 Å². The maximum absolute atomic E-state index is 12.3. The van der Waals surface area contributed by atoms with Gasteiger partial charge in [-0.3, -0.25) is 4.79 Å². The second-order valence-electron chi connectivity index (χ2n) is 4.61. The number of carbonyl (C=O) groups excluding carboxylic acids is 1. The number of aromatic hydroxyl groups is 1. The van der Waals surface area contributed by atoms with Crippen LogP contribution in [0.4, 0.5) is 5.69 Å². The Morgan fingerprint density at radius 1 is 1.17 bits per heavy atom. The van der Waals surface area contributed by atoms with E-state index in [1.54, 1.807) is 24.3 Å². The van der Waals surface area contributed by atoms with E-state index in [1.807, 2.05) is 0 Å². The lowest BCUT2D eigenvalue weighted by molar-refractivity contribution is 0.104. The minimum Gasteiger partial charge on any atom is -0.507 e. The van der Waals surface area contributed by atoms with Crippen LogP contribution in [0.15, 0.2) is 47.7 Å². The molecule has 0 amide bonds. The standard InChI is InChI=1S/C17H15NO5/c1-22-13-9-15(20)17(16(10-13)23-2)14(19)7-6-11-4-3-5-12(8-11)18-21/h3-10,20H,1-2H3/b7-6+. The van der Waals surface area contributed by atoms with Crippen molar-refractivity contribution in [3.8, 4) is 17.2 Å². The second-order valence-corrected chi connectivity index (χ2v) is 4.61. The van der Waals surface area contributed by atoms with E-state index in [4.69, 9.17) is 9.47 Å². The quantitative estimate of drug-likeness (QED) is 0.499. The summed E-state index contributed by atoms with van der Waals surface area (Å²) >= 11 is 0. The SMILES string of the molecule is COc1cc(O)c(C(=O)/C=C/c2cccc(N=O)c2)c(OC)c1. The van der Waals surface area contributed by atoms with Gasteiger partial charge in [0, 0.05) is 12.1 Å². The molecule has 0 aromatic heterocycles. The first kappa shape index (κ1) is 16.2. The fraction of sp³-hybridized carbons (Fsp3) is 0.118. The Kier molecular flexibility index (Phi) is 5.09. The van der Waals surface area contributed by atoms with Gasteiger partial charge in [0.25, 0.3) is 0 Å². The zero-order valence-corrected chi connectivity index (χ0v) is 12.6. The number of hydrogen-bond donors (Lipinski definition) is 1. The Morgan fingerprint density at radius 2 is 1.96 bits per heavy atom. The maximum Gasteiger partial charge on any atom is 0.193 e. The summed E-state index contributed by atoms with van der Waals surface area (Å²) in [5, 5.41) is 12.8. The predicted octanol–water partition coefficient (Wildman–Crippen LogP) is 3.70. The monoisotopic (exact) mass is 313 g/mol. The van der Waals surface area contributed by atoms with Crippen molar-refractivity contribution in [2.24, 2.45) is 5.18 Å². The molecule has 0 saturated heterocycles. The summed E-state index contributed by atoms with van der Waals surface area (Å²) in [5.74, 6) is -0.0879. The third kappa shape index (κ3) is 3.74. The summed E-state index contributed by atoms with van der Waals surface area (Å²) in [7, 11) is 2.84. The van der Waals surface area contributed by atoms with Gasteiger partial charge in [0.05, 0.1) is 14.2 Å². The first-order valence-electron chi connectivity index (χ1n) is 6.70. The Bertz CT molecular complexity index is 768. The van der Waals surface area contributed by atoms with E-state index in [2.05, 4.69) is 5.18 Å². The van der Waals surface area contributed by atoms with E-state index >= 15 is 0 Å². The summed E-state index contributed by atoms with van der Waals surface area (Å²) in [4.78, 5) is 22.8. The molecule has 0 atom stereocenters. The third-order valence-corrected chi connectivity index (χ3v) is 3.16. The van der Waals surface area contributed by atoms with Gasteiger partial charge in [-0.15, -0.1) is 4.91 Å². The molecule has 6 nitrogen and oxygen atoms in total. The summed E-state index contributed by atoms with van der Waals surface area (Å²) in [5.41, 5.74) is 0.945. The molecule has 0 saturated carbocycles. The molecule has 2 rings (SSSR count). The van der Waals surface area contributed by atoms with Crippen molar-refractivity contribution in [3.05, 3.63) is 58.5 Å². The average Bonchev–Trinajstić information content (AvgIpc) is 2.58. The van der Waals surface area contributed by atoms with Crippen molar-refractivity contribution in [2.45, 2.75) is 0 Å². The van der Waals surface area contributed by atoms with Crippen molar-refractivity contribution >= 4 is 17.5 Å². The molecule has 0 spiro atoms. The van der Waals surface area contributed by atoms with Gasteiger partial charge >= 0.3 is 0 Å². The molecule has 2 aromatic rings. The number of rotatable bonds is 6. The van der Waals surface area contributed by atoms with Gasteiger partial charge in [0.1, 0.15) is 28.5 Å². The number of carbonyl (C=O) groups is 1. The van der Waals surface area contributed by atoms with Crippen LogP contribution in [0.2, 0.25) is 0 Å². The highest BCUT2D eigenvalue weighted by molar-refractivity contribution is 6.10. The van der Waals surface area contributed by atoms with E-state index in [9.17, 15) is 14.8 Å². The van der Waals surface area contributed by atoms with Crippen LogP contribution in [0, 0.1) is 4.91 Å². The number of benzene rings is 2. The molecule has 1 N–H and O–H groups in total. The van der Waals surface area contributed by atoms with Crippen LogP contribution in [0.3, 0.4) is 0 Å². The van der Waals surface area contributed by atoms with Gasteiger partial charge in [-0.05, 0) is 28.9 Å². The molecule has 2 aromatic carbocycles. The number of hydrogen-bond acceptors (Lipinski definition) is 6. The Labute approximate surface area is 133 Å². The fourth-order valence-corrected chi connectivity index (χ4v) is 2.04. The van der Waals surface area contributed by atoms with Crippen LogP contribution in [-0.2, 0) is 0 Å². The lowest BCUT2D eigenvalue weighted by Gasteiger charge is -2.10. The number of nitroso groups, excluding NO2 is 1. The van der Waals surface area contributed by atoms with Gasteiger partial charge in [0.15, 0.2) is 5.78 Å². The number of ether oxygens (including phenoxy) is 2. The number of phenolic OH excluding ortho intramolecular Hbond substituents is 1. The van der Waals surface area contributed by atoms with Gasteiger partial charge in [-0.25, -0.2) is 0 Å². The molecule has 0 radical (unpaired) electrons. The fourth-order valence-electron chi connectivity index (χ4n) is 2.04. The largest absolute Gasteiger partial charge is 0.507 e. The van der Waals surface area contributed by atoms with Crippen molar-refractivity contribution in [3.63, 3.8) is 0 Å². The van der Waals surface area contributed by atoms with Crippen molar-refractivity contribution in [1.82, 2.24) is 0 Å². The first-order chi connectivity index (χ1) is 11.1. The van der Waals surface area contributed by atoms with Crippen molar-refractivity contribution in [1.29, 1.82) is 0 Å². The van der Waals surface area contributed by atoms with E-state index in [0.29, 0.717) is 11.3 Å². The summed E-state index contributed by atoms with van der Waals surface area (Å²) < 4.78 is 10.1. The highest BCUT2D eigenvalue weighted by Gasteiger charge is 2.17. The highest BCUT2D eigenvalue weighted by atomic mass is 16.5. The second kappa shape index (κ2) is 7.22. The van der Waals surface area contributed by atoms with Crippen LogP contribution < -0.4 is 9.47 Å². The highest BCUT2D eigenvalue weighted by Crippen LogP contribution is 2.33. The molecule has 0 heterocycles. The van der Waals surface area contributed by atoms with Crippen molar-refractivity contribution < 1.29 is 19.4 Å². The zero-order valence-electron chi connectivity index (χ0n) is 12.6. The summed E-state index contributed by atoms with van der Waals surface area (Å²) in [6.45, 7) is 0. The summed E-state index contributed by atoms with van der Waals surface area (Å²) in [6, 6.07) is 9.33. The van der Waals surface area contributed by atoms with Gasteiger partial charge < -0.3 is 14.6 Å². The number of nitrogens with zero attached hydrogens (tertiary/aromatic N) is 1. The van der Waals surface area contributed by atoms with E-state index in [0.717, 1.165) is 0 Å². The summed E-state index contributed by atoms with van der Waals surface area (Å²) in [6.07, 6.45) is 2.81. The molecule has 118 valence electrons. The molecule has 23 heavy (non-hydrogen) atoms. The number of allylic oxidation sites excluding steroid dienone is 1. The smallest absolute Gasteiger partial charge is 0.193 e. The maximum atomic E-state index is 12.3. The number of phenols is 1. The Balaban J connectivity index is 2.33. The van der Waals surface area contributed by atoms with E-state index < -0.39 is 5.78 Å². The Morgan fingerprint density at radius 3 is 2.61 bits per heavy atom. The third-order valence-electron chi connectivity index (χ3n) is 3.16. The first-order valence-corrected chi connectivity index (χ1v) is 6.70. The normalized spacial score (nSPS) is 10.5. The van der Waals surface area contributed by atoms with Crippen LogP contribution in [-0.4, -0.2) is 25.1 Å². The molecule has 0 aliphatic carbocycles. The number of methoxy groups -OCH3 is 2. The van der Waals surface area contributed by atoms with Crippen LogP contribution in [0.5, 0.6) is 17.2 Å². The van der Waals surface area contributed by atoms with Gasteiger partial charge in [-0.2, -0.15) is 0 Å². The predicted molar refractivity (Wildman–Crippen MR) is 86.5 cm³/mol. The van der Waals surface area contributed by atoms with Crippen molar-refractivity contribution in [2.75, 3.05) is 14.2 Å². The molecule has 0 aliphatic heterocycles. The minimum atomic E-state index is -0.438. The zero-order chi connectivity index (χ0) is 16.8. The number of ketones is 1. The molecule has 0 unspecified atom stereocenters. The van der Waals surface area contributed by atoms with Gasteiger partial charge in [0.2, 0.25) is 0 Å².